The lowest BCUT2D eigenvalue weighted by Gasteiger charge is -2.15. The number of aliphatic hydroxyl groups is 1. The Hall–Kier alpha value is 0.270. The molecule has 0 bridgehead atoms. The average Bonchev–Trinajstić information content (AvgIpc) is 2.36. The molecule has 0 aromatic heterocycles. The van der Waals surface area contributed by atoms with E-state index < -0.39 is 0 Å². The van der Waals surface area contributed by atoms with E-state index in [1.54, 1.807) is 0 Å². The van der Waals surface area contributed by atoms with Gasteiger partial charge in [-0.15, -0.1) is 0 Å². The lowest BCUT2D eigenvalue weighted by atomic mass is 10.3. The van der Waals surface area contributed by atoms with Crippen molar-refractivity contribution in [3.8, 4) is 0 Å². The van der Waals surface area contributed by atoms with Crippen LogP contribution in [0.2, 0.25) is 0 Å². The lowest BCUT2D eigenvalue weighted by molar-refractivity contribution is 0.188. The Labute approximate surface area is 79.3 Å². The third-order valence-electron chi connectivity index (χ3n) is 2.29. The number of hydrogen-bond donors (Lipinski definition) is 1. The summed E-state index contributed by atoms with van der Waals surface area (Å²) >= 11 is 1.93. The highest BCUT2D eigenvalue weighted by molar-refractivity contribution is 8.00. The van der Waals surface area contributed by atoms with Crippen LogP contribution in [0, 0.1) is 0 Å². The van der Waals surface area contributed by atoms with E-state index in [0.29, 0.717) is 5.25 Å². The molecule has 0 saturated heterocycles. The number of nitrogens with zero attached hydrogens (tertiary/aromatic N) is 1. The van der Waals surface area contributed by atoms with Crippen LogP contribution < -0.4 is 0 Å². The maximum atomic E-state index is 9.52. The van der Waals surface area contributed by atoms with Crippen LogP contribution in [-0.2, 0) is 0 Å². The Morgan fingerprint density at radius 1 is 1.42 bits per heavy atom. The fourth-order valence-corrected chi connectivity index (χ4v) is 2.95. The molecule has 72 valence electrons. The Morgan fingerprint density at radius 3 is 2.67 bits per heavy atom. The second-order valence-electron chi connectivity index (χ2n) is 3.71. The fourth-order valence-electron chi connectivity index (χ4n) is 1.49. The normalized spacial score (nSPS) is 30.0. The zero-order valence-electron chi connectivity index (χ0n) is 7.99. The molecular weight excluding hydrogens is 170 g/mol. The van der Waals surface area contributed by atoms with Gasteiger partial charge in [0, 0.05) is 17.5 Å². The summed E-state index contributed by atoms with van der Waals surface area (Å²) in [5.74, 6) is 1.15. The molecule has 0 unspecified atom stereocenters. The minimum atomic E-state index is -0.0304. The van der Waals surface area contributed by atoms with Crippen molar-refractivity contribution < 1.29 is 5.11 Å². The van der Waals surface area contributed by atoms with Gasteiger partial charge in [0.1, 0.15) is 0 Å². The zero-order valence-corrected chi connectivity index (χ0v) is 8.81. The molecule has 2 atom stereocenters. The number of rotatable bonds is 4. The van der Waals surface area contributed by atoms with Crippen LogP contribution in [0.25, 0.3) is 0 Å². The first-order valence-corrected chi connectivity index (χ1v) is 5.69. The largest absolute Gasteiger partial charge is 0.392 e. The standard InChI is InChI=1S/C9H19NOS/c1-10(2)6-7-12-9-5-3-4-8(9)11/h8-9,11H,3-7H2,1-2H3/t8-,9-/m0/s1. The molecule has 0 radical (unpaired) electrons. The Bertz CT molecular complexity index is 130. The molecule has 1 aliphatic carbocycles. The topological polar surface area (TPSA) is 23.5 Å². The molecule has 0 heterocycles. The van der Waals surface area contributed by atoms with Gasteiger partial charge in [0.25, 0.3) is 0 Å². The number of thioether (sulfide) groups is 1. The monoisotopic (exact) mass is 189 g/mol. The van der Waals surface area contributed by atoms with E-state index >= 15 is 0 Å². The first-order chi connectivity index (χ1) is 5.70. The maximum absolute atomic E-state index is 9.52. The van der Waals surface area contributed by atoms with E-state index in [2.05, 4.69) is 19.0 Å². The van der Waals surface area contributed by atoms with Gasteiger partial charge in [-0.05, 0) is 33.4 Å². The molecule has 0 aromatic rings. The SMILES string of the molecule is CN(C)CCS[C@H]1CCC[C@@H]1O. The molecule has 2 nitrogen and oxygen atoms in total. The number of hydrogen-bond acceptors (Lipinski definition) is 3. The van der Waals surface area contributed by atoms with Crippen LogP contribution in [0.4, 0.5) is 0 Å². The Kier molecular flexibility index (Phi) is 4.40. The molecule has 0 aliphatic heterocycles. The lowest BCUT2D eigenvalue weighted by Crippen LogP contribution is -2.20. The smallest absolute Gasteiger partial charge is 0.0658 e. The highest BCUT2D eigenvalue weighted by atomic mass is 32.2. The number of aliphatic hydroxyl groups excluding tert-OH is 1. The third kappa shape index (κ3) is 3.33. The van der Waals surface area contributed by atoms with Crippen LogP contribution >= 0.6 is 11.8 Å². The first kappa shape index (κ1) is 10.4. The molecule has 1 rings (SSSR count). The molecule has 1 fully saturated rings. The second kappa shape index (κ2) is 5.10. The van der Waals surface area contributed by atoms with Gasteiger partial charge in [0.15, 0.2) is 0 Å². The predicted octanol–water partition coefficient (Wildman–Crippen LogP) is 1.19. The molecule has 12 heavy (non-hydrogen) atoms. The van der Waals surface area contributed by atoms with Crippen molar-refractivity contribution in [3.63, 3.8) is 0 Å². The molecule has 1 N–H and O–H groups in total. The highest BCUT2D eigenvalue weighted by Crippen LogP contribution is 2.29. The van der Waals surface area contributed by atoms with Crippen LogP contribution in [0.15, 0.2) is 0 Å². The highest BCUT2D eigenvalue weighted by Gasteiger charge is 2.24. The molecule has 0 amide bonds. The van der Waals surface area contributed by atoms with Crippen LogP contribution in [0.5, 0.6) is 0 Å². The van der Waals surface area contributed by atoms with Gasteiger partial charge in [-0.2, -0.15) is 11.8 Å². The van der Waals surface area contributed by atoms with E-state index in [1.807, 2.05) is 11.8 Å². The van der Waals surface area contributed by atoms with Crippen molar-refractivity contribution in [1.82, 2.24) is 4.90 Å². The minimum absolute atomic E-state index is 0.0304. The summed E-state index contributed by atoms with van der Waals surface area (Å²) < 4.78 is 0. The van der Waals surface area contributed by atoms with Gasteiger partial charge >= 0.3 is 0 Å². The van der Waals surface area contributed by atoms with E-state index in [9.17, 15) is 5.11 Å². The molecular formula is C9H19NOS. The quantitative estimate of drug-likeness (QED) is 0.719. The van der Waals surface area contributed by atoms with Crippen LogP contribution in [0.1, 0.15) is 19.3 Å². The summed E-state index contributed by atoms with van der Waals surface area (Å²) in [5, 5.41) is 10.0. The summed E-state index contributed by atoms with van der Waals surface area (Å²) in [6.07, 6.45) is 3.40. The maximum Gasteiger partial charge on any atom is 0.0658 e. The Balaban J connectivity index is 2.06. The van der Waals surface area contributed by atoms with Crippen molar-refractivity contribution in [2.75, 3.05) is 26.4 Å². The summed E-state index contributed by atoms with van der Waals surface area (Å²) in [5.41, 5.74) is 0. The zero-order chi connectivity index (χ0) is 8.97. The Morgan fingerprint density at radius 2 is 2.17 bits per heavy atom. The molecule has 1 aliphatic rings. The van der Waals surface area contributed by atoms with Gasteiger partial charge in [-0.25, -0.2) is 0 Å². The van der Waals surface area contributed by atoms with Gasteiger partial charge < -0.3 is 10.0 Å². The summed E-state index contributed by atoms with van der Waals surface area (Å²) in [6, 6.07) is 0. The average molecular weight is 189 g/mol. The molecule has 0 aromatic carbocycles. The van der Waals surface area contributed by atoms with Gasteiger partial charge in [0.05, 0.1) is 6.10 Å². The fraction of sp³-hybridized carbons (Fsp3) is 1.00. The minimum Gasteiger partial charge on any atom is -0.392 e. The van der Waals surface area contributed by atoms with Crippen molar-refractivity contribution in [1.29, 1.82) is 0 Å². The molecule has 3 heteroatoms. The molecule has 0 spiro atoms. The van der Waals surface area contributed by atoms with Crippen LogP contribution in [-0.4, -0.2) is 47.8 Å². The third-order valence-corrected chi connectivity index (χ3v) is 3.68. The predicted molar refractivity (Wildman–Crippen MR) is 54.7 cm³/mol. The van der Waals surface area contributed by atoms with Crippen LogP contribution in [0.3, 0.4) is 0 Å². The van der Waals surface area contributed by atoms with Crippen molar-refractivity contribution in [2.24, 2.45) is 0 Å². The van der Waals surface area contributed by atoms with Gasteiger partial charge in [-0.1, -0.05) is 0 Å². The second-order valence-corrected chi connectivity index (χ2v) is 5.06. The van der Waals surface area contributed by atoms with E-state index in [0.717, 1.165) is 18.7 Å². The summed E-state index contributed by atoms with van der Waals surface area (Å²) in [6.45, 7) is 1.12. The van der Waals surface area contributed by atoms with Gasteiger partial charge in [0.2, 0.25) is 0 Å². The van der Waals surface area contributed by atoms with Crippen molar-refractivity contribution in [3.05, 3.63) is 0 Å². The van der Waals surface area contributed by atoms with E-state index in [1.165, 1.54) is 12.8 Å². The molecule has 1 saturated carbocycles. The van der Waals surface area contributed by atoms with Crippen molar-refractivity contribution >= 4 is 11.8 Å². The van der Waals surface area contributed by atoms with Crippen molar-refractivity contribution in [2.45, 2.75) is 30.6 Å². The summed E-state index contributed by atoms with van der Waals surface area (Å²) in [7, 11) is 4.18. The van der Waals surface area contributed by atoms with Gasteiger partial charge in [-0.3, -0.25) is 0 Å². The van der Waals surface area contributed by atoms with E-state index in [4.69, 9.17) is 0 Å². The van der Waals surface area contributed by atoms with E-state index in [-0.39, 0.29) is 6.10 Å². The summed E-state index contributed by atoms with van der Waals surface area (Å²) in [4.78, 5) is 2.19. The first-order valence-electron chi connectivity index (χ1n) is 4.64.